The lowest BCUT2D eigenvalue weighted by Crippen LogP contribution is -2.49. The average Bonchev–Trinajstić information content (AvgIpc) is 1.58. The lowest BCUT2D eigenvalue weighted by Gasteiger charge is -2.35. The predicted molar refractivity (Wildman–Crippen MR) is 435 cm³/mol. The molecular weight excluding hydrogens is 1660 g/mol. The second kappa shape index (κ2) is 35.9. The number of nitrogens with one attached hydrogen (secondary N) is 2. The number of amides is 3. The van der Waals surface area contributed by atoms with Gasteiger partial charge in [0.15, 0.2) is 17.0 Å². The molecule has 4 N–H and O–H groups in total. The lowest BCUT2D eigenvalue weighted by atomic mass is 9.77. The average molecular weight is 1770 g/mol. The number of ketones is 2. The van der Waals surface area contributed by atoms with Gasteiger partial charge in [0.25, 0.3) is 10.1 Å². The third-order valence-corrected chi connectivity index (χ3v) is 25.6. The SMILES string of the molecule is CC1(OS(N)(=O)=O)CC1.CC[C@@H]1C[C@]1(CC(=O)[C@@H]1C[C@@H](Oc2ccnc3c(Cl)cccc23)CN1C(=O)[C@@H](CC(=O)OC(C)(C)C)C(C)(C)C)C(=O)NS(=O)(=O)OC1(C)CC1.CC[C@@H]1C[C@]1(CC(=O)[C@@H]1C[C@H](OS(=O)(=O)c2ccc(Br)cc2)CN1C(=O)[C@@H](CC(=O)OC(C)(C)C)C(C)(C)C)C(=O)OC.O=c1cc[nH]c2c(Cl)cccc12. The summed E-state index contributed by atoms with van der Waals surface area (Å²) >= 11 is 15.5. The van der Waals surface area contributed by atoms with Crippen LogP contribution in [0.1, 0.15) is 201 Å². The van der Waals surface area contributed by atoms with Crippen molar-refractivity contribution in [1.82, 2.24) is 24.5 Å². The Balaban J connectivity index is 0.000000230. The number of H-pyrrole nitrogens is 1. The Hall–Kier alpha value is -7.01. The van der Waals surface area contributed by atoms with E-state index in [4.69, 9.17) is 50.5 Å². The standard InChI is InChI=1S/C37H50ClN3O9S.C31H44BrNO9S.C9H6ClNO.C4H9NO3S/c1-9-22-19-37(22,33(45)40-51(46,47)50-36(8)14-15-36)20-28(42)27-17-23(48-29-13-16-39-31-24(29)11-10-12-26(31)38)21-41(27)32(44)25(34(2,3)4)18-30(43)49-35(5,6)7;1-9-19-16-31(19,28(37)40-8)17-25(34)24-14-21(42-43(38,39)22-12-10-20(32)11-13-22)18-33(24)27(36)23(29(2,3)4)15-26(35)41-30(5,6)7;10-7-3-1-2-6-8(12)4-5-11-9(6)7;1-4(2-3-4)8-9(5,6)7/h10-13,16,22-23,25,27H,9,14-15,17-21H2,1-8H3,(H,40,45);10-13,19,21,23-24H,9,14-18H2,1-8H3;1-5H,(H,11,12);2-3H2,1H3,(H2,5,6,7)/t22-,23-,25-,27+,37-;19-,21+,23-,24+,31-;;/m11../s1. The van der Waals surface area contributed by atoms with Crippen LogP contribution in [0.2, 0.25) is 10.0 Å². The lowest BCUT2D eigenvalue weighted by molar-refractivity contribution is -0.161. The molecule has 4 aliphatic carbocycles. The molecule has 6 fully saturated rings. The van der Waals surface area contributed by atoms with Crippen LogP contribution in [-0.2, 0) is 95.8 Å². The third-order valence-electron chi connectivity index (χ3n) is 21.4. The topological polar surface area (TPSA) is 394 Å². The molecule has 634 valence electrons. The Labute approximate surface area is 692 Å². The first-order chi connectivity index (χ1) is 53.0. The number of aromatic nitrogens is 2. The van der Waals surface area contributed by atoms with Gasteiger partial charge in [-0.25, -0.2) is 14.0 Å². The van der Waals surface area contributed by atoms with Crippen LogP contribution in [0, 0.1) is 45.3 Å². The molecule has 0 spiro atoms. The van der Waals surface area contributed by atoms with E-state index >= 15 is 0 Å². The Bertz CT molecular complexity index is 4900. The maximum absolute atomic E-state index is 14.5. The number of Topliss-reactive ketones (excluding diaryl/α,β-unsaturated/α-hetero) is 2. The van der Waals surface area contributed by atoms with Gasteiger partial charge in [-0.2, -0.15) is 25.3 Å². The summed E-state index contributed by atoms with van der Waals surface area (Å²) in [6.45, 7) is 28.6. The van der Waals surface area contributed by atoms with Crippen LogP contribution in [0.15, 0.2) is 99.4 Å². The smallest absolute Gasteiger partial charge is 0.362 e. The van der Waals surface area contributed by atoms with Gasteiger partial charge in [0.1, 0.15) is 23.1 Å². The number of ether oxygens (including phenoxy) is 4. The molecule has 6 aliphatic rings. The number of hydrogen-bond acceptors (Lipinski definition) is 23. The van der Waals surface area contributed by atoms with Crippen LogP contribution in [-0.4, -0.2) is 159 Å². The molecule has 2 saturated heterocycles. The van der Waals surface area contributed by atoms with Crippen molar-refractivity contribution in [3.05, 3.63) is 110 Å². The fourth-order valence-electron chi connectivity index (χ4n) is 14.6. The largest absolute Gasteiger partial charge is 0.488 e. The highest BCUT2D eigenvalue weighted by Gasteiger charge is 2.64. The van der Waals surface area contributed by atoms with E-state index in [-0.39, 0.29) is 85.3 Å². The van der Waals surface area contributed by atoms with E-state index in [0.717, 1.165) is 12.8 Å². The van der Waals surface area contributed by atoms with Gasteiger partial charge in [-0.05, 0) is 171 Å². The van der Waals surface area contributed by atoms with E-state index in [9.17, 15) is 68.4 Å². The van der Waals surface area contributed by atoms with Crippen LogP contribution in [0.4, 0.5) is 0 Å². The molecule has 0 radical (unpaired) electrons. The van der Waals surface area contributed by atoms with Gasteiger partial charge in [-0.3, -0.25) is 56.5 Å². The molecule has 0 bridgehead atoms. The Kier molecular flexibility index (Phi) is 29.2. The highest BCUT2D eigenvalue weighted by molar-refractivity contribution is 9.10. The molecule has 10 atom stereocenters. The van der Waals surface area contributed by atoms with Crippen LogP contribution in [0.5, 0.6) is 5.75 Å². The van der Waals surface area contributed by atoms with Crippen molar-refractivity contribution in [1.29, 1.82) is 0 Å². The maximum Gasteiger partial charge on any atom is 0.362 e. The maximum atomic E-state index is 14.5. The van der Waals surface area contributed by atoms with Crippen LogP contribution >= 0.6 is 39.1 Å². The molecule has 2 aromatic heterocycles. The van der Waals surface area contributed by atoms with Crippen molar-refractivity contribution >= 4 is 139 Å². The van der Waals surface area contributed by atoms with Crippen molar-refractivity contribution in [3.8, 4) is 5.75 Å². The number of rotatable bonds is 26. The molecule has 5 aromatic rings. The summed E-state index contributed by atoms with van der Waals surface area (Å²) in [4.78, 5) is 131. The molecule has 28 nitrogen and oxygen atoms in total. The van der Waals surface area contributed by atoms with Crippen molar-refractivity contribution in [3.63, 3.8) is 0 Å². The van der Waals surface area contributed by atoms with E-state index in [1.54, 1.807) is 116 Å². The number of esters is 3. The minimum Gasteiger partial charge on any atom is -0.488 e. The highest BCUT2D eigenvalue weighted by atomic mass is 79.9. The molecule has 0 unspecified atom stereocenters. The molecule has 3 aromatic carbocycles. The summed E-state index contributed by atoms with van der Waals surface area (Å²) in [5, 5.41) is 6.93. The van der Waals surface area contributed by atoms with Crippen LogP contribution in [0.3, 0.4) is 0 Å². The number of likely N-dealkylation sites (tertiary alicyclic amines) is 2. The molecule has 4 heterocycles. The second-order valence-corrected chi connectivity index (χ2v) is 41.1. The van der Waals surface area contributed by atoms with Gasteiger partial charge in [0.05, 0.1) is 105 Å². The number of fused-ring (bicyclic) bond motifs is 2. The monoisotopic (exact) mass is 1760 g/mol. The number of nitrogens with zero attached hydrogens (tertiary/aromatic N) is 3. The van der Waals surface area contributed by atoms with Crippen LogP contribution < -0.4 is 20.0 Å². The summed E-state index contributed by atoms with van der Waals surface area (Å²) in [7, 11) is -11.1. The number of carbonyl (C=O) groups is 8. The zero-order chi connectivity index (χ0) is 86.0. The summed E-state index contributed by atoms with van der Waals surface area (Å²) < 4.78 is 113. The zero-order valence-electron chi connectivity index (χ0n) is 68.3. The first-order valence-electron chi connectivity index (χ1n) is 38.3. The minimum absolute atomic E-state index is 0.00810. The molecular formula is C81H109BrCl2N6O22S3. The number of para-hydroxylation sites is 2. The summed E-state index contributed by atoms with van der Waals surface area (Å²) in [5.41, 5.74) is -5.19. The van der Waals surface area contributed by atoms with Crippen molar-refractivity contribution in [2.24, 2.45) is 50.5 Å². The van der Waals surface area contributed by atoms with E-state index < -0.39 is 147 Å². The van der Waals surface area contributed by atoms with Crippen molar-refractivity contribution < 1.29 is 95.1 Å². The van der Waals surface area contributed by atoms with E-state index in [1.807, 2.05) is 61.5 Å². The first kappa shape index (κ1) is 93.5. The molecule has 4 saturated carbocycles. The Morgan fingerprint density at radius 3 is 1.57 bits per heavy atom. The van der Waals surface area contributed by atoms with Gasteiger partial charge >= 0.3 is 38.5 Å². The third kappa shape index (κ3) is 25.0. The summed E-state index contributed by atoms with van der Waals surface area (Å²) in [5.74, 6) is -5.44. The van der Waals surface area contributed by atoms with Crippen LogP contribution in [0.25, 0.3) is 21.8 Å². The zero-order valence-corrected chi connectivity index (χ0v) is 73.8. The summed E-state index contributed by atoms with van der Waals surface area (Å²) in [6.07, 6.45) is 5.50. The fourth-order valence-corrected chi connectivity index (χ4v) is 18.3. The second-order valence-electron chi connectivity index (χ2n) is 35.4. The summed E-state index contributed by atoms with van der Waals surface area (Å²) in [6, 6.07) is 17.7. The van der Waals surface area contributed by atoms with Gasteiger partial charge < -0.3 is 33.7 Å². The number of hydrogen-bond donors (Lipinski definition) is 3. The van der Waals surface area contributed by atoms with E-state index in [2.05, 4.69) is 39.9 Å². The molecule has 34 heteroatoms. The van der Waals surface area contributed by atoms with Crippen molar-refractivity contribution in [2.75, 3.05) is 20.2 Å². The van der Waals surface area contributed by atoms with Gasteiger partial charge in [0.2, 0.25) is 17.7 Å². The highest BCUT2D eigenvalue weighted by Crippen LogP contribution is 2.60. The molecule has 3 amide bonds. The Morgan fingerprint density at radius 2 is 1.11 bits per heavy atom. The number of carbonyl (C=O) groups excluding carboxylic acids is 8. The fraction of sp³-hybridized carbons (Fsp3) is 0.605. The normalized spacial score (nSPS) is 23.2. The quantitative estimate of drug-likeness (QED) is 0.0263. The molecule has 2 aliphatic heterocycles. The van der Waals surface area contributed by atoms with E-state index in [0.29, 0.717) is 80.6 Å². The number of benzene rings is 3. The van der Waals surface area contributed by atoms with Gasteiger partial charge in [-0.15, -0.1) is 0 Å². The van der Waals surface area contributed by atoms with Gasteiger partial charge in [-0.1, -0.05) is 119 Å². The number of pyridine rings is 2. The molecule has 11 rings (SSSR count). The first-order valence-corrected chi connectivity index (χ1v) is 44.2. The van der Waals surface area contributed by atoms with Crippen molar-refractivity contribution in [2.45, 2.75) is 252 Å². The predicted octanol–water partition coefficient (Wildman–Crippen LogP) is 12.9. The number of nitrogens with two attached hydrogens (primary N) is 1. The number of aromatic amines is 1. The van der Waals surface area contributed by atoms with E-state index in [1.165, 1.54) is 35.1 Å². The van der Waals surface area contributed by atoms with Gasteiger partial charge in [0, 0.05) is 65.9 Å². The number of methoxy groups -OCH3 is 1. The minimum atomic E-state index is -4.40. The molecule has 115 heavy (non-hydrogen) atoms. The Morgan fingerprint density at radius 1 is 0.643 bits per heavy atom. The number of halogens is 3.